The maximum atomic E-state index is 6.15. The van der Waals surface area contributed by atoms with Gasteiger partial charge in [-0.2, -0.15) is 0 Å². The van der Waals surface area contributed by atoms with Crippen LogP contribution in [0, 0.1) is 0 Å². The SMILES string of the molecule is Brc1ccc(-c2cc(-c3ccccn3)nc(-c3ccccn3)c2)cc1.C.Clc1cc(-c2ccccn2)nc(-c2ccccn2)c1.[NH2-].[NH2-].[Pt+2].[Pt+2]. The van der Waals surface area contributed by atoms with Gasteiger partial charge < -0.3 is 12.3 Å². The topological polar surface area (TPSA) is 144 Å². The zero-order valence-electron chi connectivity index (χ0n) is 25.1. The molecule has 0 aliphatic rings. The van der Waals surface area contributed by atoms with E-state index >= 15 is 0 Å². The molecule has 12 heteroatoms. The van der Waals surface area contributed by atoms with Gasteiger partial charge in [-0.05, 0) is 96.1 Å². The van der Waals surface area contributed by atoms with Gasteiger partial charge in [0.15, 0.2) is 0 Å². The van der Waals surface area contributed by atoms with Crippen LogP contribution in [0.15, 0.2) is 151 Å². The molecule has 49 heavy (non-hydrogen) atoms. The number of aromatic nitrogens is 6. The third-order valence-electron chi connectivity index (χ3n) is 6.50. The Morgan fingerprint density at radius 2 is 0.735 bits per heavy atom. The van der Waals surface area contributed by atoms with E-state index in [-0.39, 0.29) is 61.9 Å². The molecule has 0 atom stereocenters. The Labute approximate surface area is 329 Å². The third kappa shape index (κ3) is 11.6. The van der Waals surface area contributed by atoms with Gasteiger partial charge in [0.05, 0.1) is 45.6 Å². The first-order valence-corrected chi connectivity index (χ1v) is 14.9. The number of rotatable bonds is 5. The molecule has 6 heterocycles. The van der Waals surface area contributed by atoms with Crippen LogP contribution in [0.2, 0.25) is 5.02 Å². The van der Waals surface area contributed by atoms with Crippen LogP contribution >= 0.6 is 27.5 Å². The number of benzene rings is 1. The van der Waals surface area contributed by atoms with Gasteiger partial charge in [0.25, 0.3) is 0 Å². The smallest absolute Gasteiger partial charge is 0.693 e. The third-order valence-corrected chi connectivity index (χ3v) is 7.25. The van der Waals surface area contributed by atoms with Crippen LogP contribution in [0.4, 0.5) is 0 Å². The predicted molar refractivity (Wildman–Crippen MR) is 197 cm³/mol. The van der Waals surface area contributed by atoms with E-state index in [9.17, 15) is 0 Å². The summed E-state index contributed by atoms with van der Waals surface area (Å²) < 4.78 is 1.06. The van der Waals surface area contributed by atoms with E-state index < -0.39 is 0 Å². The standard InChI is InChI=1S/C21H14BrN3.C15H10ClN3.CH4.2H2N.2Pt/c22-17-9-7-15(8-10-17)16-13-20(18-5-1-3-11-23-18)25-21(14-16)19-6-2-4-12-24-19;16-11-9-14(12-5-1-3-7-17-12)19-15(10-11)13-6-2-4-8-18-13;;;;;/h1-14H;1-10H;1H4;2*1H2;;/q;;;2*-1;2*+2. The van der Waals surface area contributed by atoms with Crippen LogP contribution in [0.3, 0.4) is 0 Å². The second-order valence-electron chi connectivity index (χ2n) is 9.55. The summed E-state index contributed by atoms with van der Waals surface area (Å²) >= 11 is 9.64. The first kappa shape index (κ1) is 43.2. The molecule has 0 saturated heterocycles. The summed E-state index contributed by atoms with van der Waals surface area (Å²) in [6.45, 7) is 0. The van der Waals surface area contributed by atoms with E-state index in [1.165, 1.54) is 0 Å². The minimum Gasteiger partial charge on any atom is -0.693 e. The van der Waals surface area contributed by atoms with Gasteiger partial charge in [-0.3, -0.25) is 19.9 Å². The van der Waals surface area contributed by atoms with Crippen molar-refractivity contribution in [1.82, 2.24) is 29.9 Å². The van der Waals surface area contributed by atoms with Crippen molar-refractivity contribution in [3.8, 4) is 56.7 Å². The van der Waals surface area contributed by atoms with Crippen LogP contribution < -0.4 is 0 Å². The van der Waals surface area contributed by atoms with Crippen LogP contribution in [-0.2, 0) is 42.1 Å². The second kappa shape index (κ2) is 21.3. The normalized spacial score (nSPS) is 9.43. The van der Waals surface area contributed by atoms with Crippen molar-refractivity contribution in [3.05, 3.63) is 168 Å². The van der Waals surface area contributed by atoms with Gasteiger partial charge in [0.2, 0.25) is 0 Å². The molecule has 0 fully saturated rings. The molecule has 0 spiro atoms. The number of nitrogens with two attached hydrogens (primary N) is 2. The predicted octanol–water partition coefficient (Wildman–Crippen LogP) is 11.6. The van der Waals surface area contributed by atoms with Crippen molar-refractivity contribution in [2.45, 2.75) is 7.43 Å². The average Bonchev–Trinajstić information content (AvgIpc) is 3.10. The average molecular weight is 1090 g/mol. The zero-order valence-corrected chi connectivity index (χ0v) is 32.0. The van der Waals surface area contributed by atoms with Gasteiger partial charge in [0.1, 0.15) is 0 Å². The largest absolute Gasteiger partial charge is 2.00 e. The molecule has 0 saturated carbocycles. The molecule has 0 radical (unpaired) electrons. The van der Waals surface area contributed by atoms with Crippen LogP contribution in [0.5, 0.6) is 0 Å². The molecular weight excluding hydrogens is 1060 g/mol. The molecule has 7 aromatic rings. The Kier molecular flexibility index (Phi) is 18.8. The van der Waals surface area contributed by atoms with Crippen molar-refractivity contribution in [2.24, 2.45) is 0 Å². The number of hydrogen-bond acceptors (Lipinski definition) is 6. The molecule has 0 unspecified atom stereocenters. The van der Waals surface area contributed by atoms with Crippen molar-refractivity contribution >= 4 is 27.5 Å². The number of halogens is 2. The van der Waals surface area contributed by atoms with E-state index in [1.54, 1.807) is 36.9 Å². The molecule has 0 aliphatic carbocycles. The number of hydrogen-bond donors (Lipinski definition) is 0. The van der Waals surface area contributed by atoms with Gasteiger partial charge >= 0.3 is 42.1 Å². The maximum absolute atomic E-state index is 6.15. The number of nitrogens with zero attached hydrogens (tertiary/aromatic N) is 6. The fraction of sp³-hybridized carbons (Fsp3) is 0.0270. The minimum atomic E-state index is 0. The summed E-state index contributed by atoms with van der Waals surface area (Å²) in [6.07, 6.45) is 7.03. The maximum Gasteiger partial charge on any atom is 2.00 e. The fourth-order valence-electron chi connectivity index (χ4n) is 4.42. The van der Waals surface area contributed by atoms with Gasteiger partial charge in [-0.15, -0.1) is 0 Å². The molecule has 8 nitrogen and oxygen atoms in total. The van der Waals surface area contributed by atoms with Crippen molar-refractivity contribution < 1.29 is 42.1 Å². The Morgan fingerprint density at radius 1 is 0.408 bits per heavy atom. The summed E-state index contributed by atoms with van der Waals surface area (Å²) in [5.41, 5.74) is 8.65. The van der Waals surface area contributed by atoms with Gasteiger partial charge in [-0.1, -0.05) is 71.4 Å². The van der Waals surface area contributed by atoms with Crippen LogP contribution in [0.1, 0.15) is 7.43 Å². The Morgan fingerprint density at radius 3 is 1.04 bits per heavy atom. The summed E-state index contributed by atoms with van der Waals surface area (Å²) in [5.74, 6) is 0. The van der Waals surface area contributed by atoms with Gasteiger partial charge in [0, 0.05) is 34.3 Å². The van der Waals surface area contributed by atoms with E-state index in [2.05, 4.69) is 65.1 Å². The van der Waals surface area contributed by atoms with E-state index in [0.717, 1.165) is 61.2 Å². The Balaban J connectivity index is 0.000000457. The molecule has 0 amide bonds. The second-order valence-corrected chi connectivity index (χ2v) is 10.9. The zero-order chi connectivity index (χ0) is 30.1. The first-order chi connectivity index (χ1) is 21.6. The molecule has 1 aromatic carbocycles. The van der Waals surface area contributed by atoms with Crippen molar-refractivity contribution in [1.29, 1.82) is 0 Å². The van der Waals surface area contributed by atoms with E-state index in [1.807, 2.05) is 84.9 Å². The first-order valence-electron chi connectivity index (χ1n) is 13.7. The molecule has 4 N–H and O–H groups in total. The summed E-state index contributed by atoms with van der Waals surface area (Å²) in [6, 6.07) is 39.1. The molecule has 0 aliphatic heterocycles. The van der Waals surface area contributed by atoms with E-state index in [4.69, 9.17) is 16.6 Å². The monoisotopic (exact) mass is 1090 g/mol. The van der Waals surface area contributed by atoms with Gasteiger partial charge in [-0.25, -0.2) is 9.97 Å². The Bertz CT molecular complexity index is 1860. The fourth-order valence-corrected chi connectivity index (χ4v) is 4.89. The molecule has 7 rings (SSSR count). The summed E-state index contributed by atoms with van der Waals surface area (Å²) in [4.78, 5) is 26.8. The van der Waals surface area contributed by atoms with E-state index in [0.29, 0.717) is 5.02 Å². The van der Waals surface area contributed by atoms with Crippen LogP contribution in [-0.4, -0.2) is 29.9 Å². The van der Waals surface area contributed by atoms with Crippen LogP contribution in [0.25, 0.3) is 69.0 Å². The van der Waals surface area contributed by atoms with Crippen molar-refractivity contribution in [3.63, 3.8) is 0 Å². The summed E-state index contributed by atoms with van der Waals surface area (Å²) in [7, 11) is 0. The molecule has 0 bridgehead atoms. The number of pyridine rings is 6. The van der Waals surface area contributed by atoms with Crippen molar-refractivity contribution in [2.75, 3.05) is 0 Å². The quantitative estimate of drug-likeness (QED) is 0.168. The molecule has 6 aromatic heterocycles. The summed E-state index contributed by atoms with van der Waals surface area (Å²) in [5, 5.41) is 0.622. The Hall–Kier alpha value is -3.81. The molecular formula is C37H32BrClN8Pt2+2. The molecule has 252 valence electrons. The minimum absolute atomic E-state index is 0.